The highest BCUT2D eigenvalue weighted by molar-refractivity contribution is 7.22. The summed E-state index contributed by atoms with van der Waals surface area (Å²) < 4.78 is 2.81. The van der Waals surface area contributed by atoms with E-state index in [2.05, 4.69) is 35.1 Å². The number of rotatable bonds is 7. The number of fused-ring (bicyclic) bond motifs is 1. The van der Waals surface area contributed by atoms with Crippen molar-refractivity contribution in [1.29, 1.82) is 0 Å². The molecule has 2 aromatic heterocycles. The summed E-state index contributed by atoms with van der Waals surface area (Å²) in [6.45, 7) is 5.58. The number of carbonyl (C=O) groups is 1. The molecule has 1 amide bonds. The van der Waals surface area contributed by atoms with E-state index in [1.54, 1.807) is 20.9 Å². The Morgan fingerprint density at radius 3 is 2.67 bits per heavy atom. The molecule has 3 aromatic rings. The van der Waals surface area contributed by atoms with Gasteiger partial charge in [0.15, 0.2) is 10.8 Å². The highest BCUT2D eigenvalue weighted by Crippen LogP contribution is 2.32. The first-order chi connectivity index (χ1) is 12.9. The van der Waals surface area contributed by atoms with Crippen LogP contribution in [0.1, 0.15) is 35.0 Å². The van der Waals surface area contributed by atoms with Crippen LogP contribution < -0.4 is 4.90 Å². The fourth-order valence-electron chi connectivity index (χ4n) is 3.17. The summed E-state index contributed by atoms with van der Waals surface area (Å²) in [6.07, 6.45) is 3.67. The minimum Gasteiger partial charge on any atom is -0.309 e. The lowest BCUT2D eigenvalue weighted by molar-refractivity contribution is 0.0980. The Labute approximate surface area is 164 Å². The molecule has 0 saturated heterocycles. The number of aryl methyl sites for hydroxylation is 3. The maximum absolute atomic E-state index is 13.3. The van der Waals surface area contributed by atoms with Crippen LogP contribution in [0.3, 0.4) is 0 Å². The van der Waals surface area contributed by atoms with E-state index in [0.717, 1.165) is 40.3 Å². The molecular weight excluding hydrogens is 358 g/mol. The van der Waals surface area contributed by atoms with Gasteiger partial charge in [0.05, 0.1) is 10.2 Å². The third-order valence-electron chi connectivity index (χ3n) is 4.55. The highest BCUT2D eigenvalue weighted by Gasteiger charge is 2.25. The molecule has 0 aliphatic carbocycles. The van der Waals surface area contributed by atoms with Crippen LogP contribution in [0, 0.1) is 6.92 Å². The highest BCUT2D eigenvalue weighted by atomic mass is 32.1. The molecule has 0 fully saturated rings. The number of para-hydroxylation sites is 1. The number of aromatic nitrogens is 3. The van der Waals surface area contributed by atoms with Gasteiger partial charge in [-0.3, -0.25) is 14.4 Å². The van der Waals surface area contributed by atoms with Crippen molar-refractivity contribution in [2.75, 3.05) is 32.1 Å². The van der Waals surface area contributed by atoms with Crippen molar-refractivity contribution < 1.29 is 4.79 Å². The molecule has 0 aliphatic heterocycles. The van der Waals surface area contributed by atoms with E-state index in [4.69, 9.17) is 4.98 Å². The van der Waals surface area contributed by atoms with E-state index in [0.29, 0.717) is 12.2 Å². The van der Waals surface area contributed by atoms with Crippen LogP contribution in [0.5, 0.6) is 0 Å². The van der Waals surface area contributed by atoms with Gasteiger partial charge in [0, 0.05) is 25.4 Å². The molecule has 0 radical (unpaired) electrons. The number of benzene rings is 1. The maximum Gasteiger partial charge on any atom is 0.280 e. The van der Waals surface area contributed by atoms with Gasteiger partial charge in [-0.1, -0.05) is 30.4 Å². The molecule has 27 heavy (non-hydrogen) atoms. The van der Waals surface area contributed by atoms with Gasteiger partial charge in [0.25, 0.3) is 5.91 Å². The number of anilines is 1. The molecule has 6 nitrogen and oxygen atoms in total. The minimum atomic E-state index is -0.0797. The van der Waals surface area contributed by atoms with Crippen LogP contribution in [0.25, 0.3) is 10.2 Å². The van der Waals surface area contributed by atoms with E-state index < -0.39 is 0 Å². The summed E-state index contributed by atoms with van der Waals surface area (Å²) in [5.74, 6) is -0.0797. The van der Waals surface area contributed by atoms with Gasteiger partial charge in [-0.15, -0.1) is 0 Å². The molecule has 0 aliphatic rings. The van der Waals surface area contributed by atoms with Gasteiger partial charge in [-0.2, -0.15) is 5.10 Å². The Hall–Kier alpha value is -2.25. The maximum atomic E-state index is 13.3. The van der Waals surface area contributed by atoms with Crippen molar-refractivity contribution in [3.63, 3.8) is 0 Å². The SMILES string of the molecule is CCc1cccc2sc(N(CCCN(C)C)C(=O)c3nn(C)cc3C)nc12. The van der Waals surface area contributed by atoms with E-state index >= 15 is 0 Å². The van der Waals surface area contributed by atoms with E-state index in [1.165, 1.54) is 5.56 Å². The van der Waals surface area contributed by atoms with Gasteiger partial charge in [0.2, 0.25) is 0 Å². The zero-order valence-corrected chi connectivity index (χ0v) is 17.5. The topological polar surface area (TPSA) is 54.3 Å². The number of thiazole rings is 1. The van der Waals surface area contributed by atoms with Gasteiger partial charge < -0.3 is 4.90 Å². The van der Waals surface area contributed by atoms with Crippen LogP contribution in [-0.2, 0) is 13.5 Å². The monoisotopic (exact) mass is 385 g/mol. The average Bonchev–Trinajstić information content (AvgIpc) is 3.20. The van der Waals surface area contributed by atoms with Crippen LogP contribution in [0.2, 0.25) is 0 Å². The predicted octanol–water partition coefficient (Wildman–Crippen LogP) is 3.50. The molecule has 0 bridgehead atoms. The fraction of sp³-hybridized carbons (Fsp3) is 0.450. The second kappa shape index (κ2) is 8.19. The molecule has 0 unspecified atom stereocenters. The third kappa shape index (κ3) is 4.20. The smallest absolute Gasteiger partial charge is 0.280 e. The zero-order valence-electron chi connectivity index (χ0n) is 16.7. The normalized spacial score (nSPS) is 11.5. The number of hydrogen-bond acceptors (Lipinski definition) is 5. The lowest BCUT2D eigenvalue weighted by Crippen LogP contribution is -2.34. The van der Waals surface area contributed by atoms with Crippen LogP contribution in [0.15, 0.2) is 24.4 Å². The number of hydrogen-bond donors (Lipinski definition) is 0. The Balaban J connectivity index is 1.99. The Bertz CT molecular complexity index is 943. The van der Waals surface area contributed by atoms with Gasteiger partial charge in [-0.25, -0.2) is 4.98 Å². The molecule has 0 atom stereocenters. The fourth-order valence-corrected chi connectivity index (χ4v) is 4.21. The van der Waals surface area contributed by atoms with E-state index in [9.17, 15) is 4.79 Å². The van der Waals surface area contributed by atoms with Crippen LogP contribution in [-0.4, -0.2) is 52.8 Å². The van der Waals surface area contributed by atoms with Crippen molar-refractivity contribution in [3.8, 4) is 0 Å². The van der Waals surface area contributed by atoms with Crippen molar-refractivity contribution in [3.05, 3.63) is 41.2 Å². The van der Waals surface area contributed by atoms with Crippen LogP contribution >= 0.6 is 11.3 Å². The lowest BCUT2D eigenvalue weighted by atomic mass is 10.1. The summed E-state index contributed by atoms with van der Waals surface area (Å²) in [5, 5.41) is 5.13. The number of amides is 1. The average molecular weight is 386 g/mol. The Kier molecular flexibility index (Phi) is 5.92. The lowest BCUT2D eigenvalue weighted by Gasteiger charge is -2.20. The summed E-state index contributed by atoms with van der Waals surface area (Å²) in [5.41, 5.74) is 3.60. The quantitative estimate of drug-likeness (QED) is 0.625. The first kappa shape index (κ1) is 19.5. The standard InChI is InChI=1S/C20H27N5OS/c1-6-15-9-7-10-16-18(15)21-20(27-16)25(12-8-11-23(3)4)19(26)17-14(2)13-24(5)22-17/h7,9-10,13H,6,8,11-12H2,1-5H3. The molecule has 144 valence electrons. The second-order valence-electron chi connectivity index (χ2n) is 7.06. The molecule has 0 N–H and O–H groups in total. The largest absolute Gasteiger partial charge is 0.309 e. The summed E-state index contributed by atoms with van der Waals surface area (Å²) >= 11 is 1.58. The molecule has 1 aromatic carbocycles. The zero-order chi connectivity index (χ0) is 19.6. The van der Waals surface area contributed by atoms with Crippen molar-refractivity contribution in [2.45, 2.75) is 26.7 Å². The summed E-state index contributed by atoms with van der Waals surface area (Å²) in [7, 11) is 5.92. The molecule has 3 rings (SSSR count). The van der Waals surface area contributed by atoms with Crippen LogP contribution in [0.4, 0.5) is 5.13 Å². The van der Waals surface area contributed by atoms with Gasteiger partial charge in [0.1, 0.15) is 0 Å². The Morgan fingerprint density at radius 1 is 1.26 bits per heavy atom. The molecule has 2 heterocycles. The van der Waals surface area contributed by atoms with Crippen molar-refractivity contribution in [2.24, 2.45) is 7.05 Å². The summed E-state index contributed by atoms with van der Waals surface area (Å²) in [6, 6.07) is 6.24. The number of carbonyl (C=O) groups excluding carboxylic acids is 1. The van der Waals surface area contributed by atoms with Crippen molar-refractivity contribution >= 4 is 32.6 Å². The molecular formula is C20H27N5OS. The first-order valence-electron chi connectivity index (χ1n) is 9.26. The van der Waals surface area contributed by atoms with E-state index in [1.807, 2.05) is 34.3 Å². The Morgan fingerprint density at radius 2 is 2.04 bits per heavy atom. The minimum absolute atomic E-state index is 0.0797. The van der Waals surface area contributed by atoms with Gasteiger partial charge in [-0.05, 0) is 52.0 Å². The summed E-state index contributed by atoms with van der Waals surface area (Å²) in [4.78, 5) is 22.1. The third-order valence-corrected chi connectivity index (χ3v) is 5.59. The molecule has 7 heteroatoms. The number of nitrogens with zero attached hydrogens (tertiary/aromatic N) is 5. The molecule has 0 saturated carbocycles. The molecule has 0 spiro atoms. The first-order valence-corrected chi connectivity index (χ1v) is 10.1. The van der Waals surface area contributed by atoms with Gasteiger partial charge >= 0.3 is 0 Å². The van der Waals surface area contributed by atoms with E-state index in [-0.39, 0.29) is 5.91 Å². The van der Waals surface area contributed by atoms with Crippen molar-refractivity contribution in [1.82, 2.24) is 19.7 Å². The second-order valence-corrected chi connectivity index (χ2v) is 8.07. The predicted molar refractivity (Wildman–Crippen MR) is 112 cm³/mol.